The first-order valence-electron chi connectivity index (χ1n) is 18.0. The summed E-state index contributed by atoms with van der Waals surface area (Å²) in [4.78, 5) is 22.2. The molecule has 1 N–H and O–H groups in total. The van der Waals surface area contributed by atoms with E-state index in [9.17, 15) is 9.90 Å². The molecule has 0 aliphatic rings. The molecule has 4 heterocycles. The summed E-state index contributed by atoms with van der Waals surface area (Å²) in [5.41, 5.74) is 2.44. The number of carbonyl (C=O) groups excluding carboxylic acids is 1. The number of nitrogens with zero attached hydrogens (tertiary/aromatic N) is 2. The first-order valence-corrected chi connectivity index (χ1v) is 16.3. The number of aliphatic hydroxyl groups is 1. The number of carbonyl (C=O) groups is 1. The molecule has 45 heavy (non-hydrogen) atoms. The number of benzene rings is 1. The van der Waals surface area contributed by atoms with E-state index in [4.69, 9.17) is 16.3 Å². The summed E-state index contributed by atoms with van der Waals surface area (Å²) in [5.74, 6) is 0.547. The molecule has 7 heteroatoms. The van der Waals surface area contributed by atoms with E-state index < -0.39 is 18.6 Å². The number of fused-ring (bicyclic) bond motifs is 4. The average molecular weight is 809 g/mol. The van der Waals surface area contributed by atoms with Crippen LogP contribution in [0.2, 0.25) is 0 Å². The van der Waals surface area contributed by atoms with Crippen molar-refractivity contribution in [2.24, 2.45) is 17.3 Å². The number of rotatable bonds is 9. The molecule has 0 saturated heterocycles. The molecule has 0 atom stereocenters. The van der Waals surface area contributed by atoms with Gasteiger partial charge < -0.3 is 9.52 Å². The van der Waals surface area contributed by atoms with Gasteiger partial charge in [-0.3, -0.25) is 9.78 Å². The Morgan fingerprint density at radius 2 is 1.69 bits per heavy atom. The molecule has 0 spiro atoms. The van der Waals surface area contributed by atoms with Crippen LogP contribution in [0.5, 0.6) is 0 Å². The molecule has 0 saturated carbocycles. The van der Waals surface area contributed by atoms with Crippen LogP contribution in [0.4, 0.5) is 0 Å². The van der Waals surface area contributed by atoms with Crippen LogP contribution in [0.3, 0.4) is 0 Å². The van der Waals surface area contributed by atoms with Crippen LogP contribution in [0.1, 0.15) is 97.1 Å². The number of allylic oxidation sites excluding steroid dienone is 2. The minimum absolute atomic E-state index is 0. The Balaban J connectivity index is 0.000000361. The van der Waals surface area contributed by atoms with E-state index in [0.29, 0.717) is 21.7 Å². The Bertz CT molecular complexity index is 1980. The van der Waals surface area contributed by atoms with Crippen molar-refractivity contribution in [3.63, 3.8) is 0 Å². The number of thiophene rings is 1. The summed E-state index contributed by atoms with van der Waals surface area (Å²) in [6, 6.07) is 13.9. The number of hydrogen-bond donors (Lipinski definition) is 1. The molecule has 0 aliphatic heterocycles. The number of aliphatic hydroxyl groups excluding tert-OH is 1. The second-order valence-electron chi connectivity index (χ2n) is 12.2. The van der Waals surface area contributed by atoms with Crippen molar-refractivity contribution < 1.29 is 41.3 Å². The van der Waals surface area contributed by atoms with Gasteiger partial charge in [0.2, 0.25) is 5.71 Å². The SMILES string of the molecule is CCC(CC)C(=O)/C=C(\O)C(CC)CC.[2H]C([2H])([2H])c1ccc2c(n1)oc1c(-c3ccc4c(C)c(C([2H])([2H])C(C)(C)C)sc4n3)[c-]ccc12.[Ir]. The van der Waals surface area contributed by atoms with Gasteiger partial charge in [0, 0.05) is 66.2 Å². The van der Waals surface area contributed by atoms with Crippen molar-refractivity contribution in [3.05, 3.63) is 70.4 Å². The number of pyridine rings is 2. The summed E-state index contributed by atoms with van der Waals surface area (Å²) in [5, 5.41) is 12.2. The first kappa shape index (κ1) is 29.5. The maximum atomic E-state index is 11.7. The van der Waals surface area contributed by atoms with Gasteiger partial charge >= 0.3 is 0 Å². The number of ketones is 1. The molecule has 5 aromatic rings. The molecule has 243 valence electrons. The summed E-state index contributed by atoms with van der Waals surface area (Å²) in [6.07, 6.45) is 3.41. The third-order valence-corrected chi connectivity index (χ3v) is 9.05. The molecule has 5 rings (SSSR count). The molecule has 0 bridgehead atoms. The number of aromatic nitrogens is 2. The molecule has 5 nitrogen and oxygen atoms in total. The van der Waals surface area contributed by atoms with Crippen molar-refractivity contribution in [3.8, 4) is 11.3 Å². The standard InChI is InChI=1S/C25H23N2OS.C13H24O2.Ir/c1-14-9-10-18-17-7-6-8-19(22(17)28-23(18)26-14)20-12-11-16-15(2)21(13-25(3,4)5)29-24(16)27-20;1-5-10(6-2)12(14)9-13(15)11(7-3)8-4;/h6-7,9-12H,13H2,1-5H3;9-11,14H,5-8H2,1-4H3;/q-1;;/b;12-9-;/i1D3,13D2;;. The Morgan fingerprint density at radius 3 is 2.31 bits per heavy atom. The van der Waals surface area contributed by atoms with Crippen molar-refractivity contribution in [2.45, 2.75) is 94.3 Å². The Morgan fingerprint density at radius 1 is 1.02 bits per heavy atom. The van der Waals surface area contributed by atoms with Crippen LogP contribution in [0.15, 0.2) is 52.7 Å². The largest absolute Gasteiger partial charge is 0.512 e. The quantitative estimate of drug-likeness (QED) is 0.0912. The topological polar surface area (TPSA) is 76.2 Å². The maximum absolute atomic E-state index is 11.7. The Labute approximate surface area is 292 Å². The minimum Gasteiger partial charge on any atom is -0.512 e. The van der Waals surface area contributed by atoms with Crippen LogP contribution in [0.25, 0.3) is 43.5 Å². The van der Waals surface area contributed by atoms with Crippen LogP contribution in [0, 0.1) is 37.1 Å². The Hall–Kier alpha value is -2.86. The van der Waals surface area contributed by atoms with E-state index in [1.807, 2.05) is 73.6 Å². The van der Waals surface area contributed by atoms with Crippen molar-refractivity contribution in [2.75, 3.05) is 0 Å². The van der Waals surface area contributed by atoms with Crippen molar-refractivity contribution in [1.29, 1.82) is 0 Å². The Kier molecular flexibility index (Phi) is 10.3. The van der Waals surface area contributed by atoms with Gasteiger partial charge in [0.25, 0.3) is 0 Å². The zero-order valence-corrected chi connectivity index (χ0v) is 30.6. The van der Waals surface area contributed by atoms with Gasteiger partial charge in [-0.25, -0.2) is 4.98 Å². The van der Waals surface area contributed by atoms with E-state index in [1.54, 1.807) is 12.1 Å². The second-order valence-corrected chi connectivity index (χ2v) is 13.2. The van der Waals surface area contributed by atoms with Gasteiger partial charge in [0.1, 0.15) is 4.83 Å². The molecule has 0 aliphatic carbocycles. The normalized spacial score (nSPS) is 14.4. The fourth-order valence-corrected chi connectivity index (χ4v) is 6.58. The van der Waals surface area contributed by atoms with E-state index in [0.717, 1.165) is 52.2 Å². The van der Waals surface area contributed by atoms with E-state index in [1.165, 1.54) is 23.5 Å². The van der Waals surface area contributed by atoms with Crippen molar-refractivity contribution in [1.82, 2.24) is 9.97 Å². The zero-order valence-electron chi connectivity index (χ0n) is 32.4. The van der Waals surface area contributed by atoms with Gasteiger partial charge in [-0.1, -0.05) is 71.5 Å². The average Bonchev–Trinajstić information content (AvgIpc) is 3.58. The van der Waals surface area contributed by atoms with Gasteiger partial charge in [0.15, 0.2) is 5.78 Å². The fourth-order valence-electron chi connectivity index (χ4n) is 5.29. The third kappa shape index (κ3) is 8.49. The van der Waals surface area contributed by atoms with Gasteiger partial charge in [0.05, 0.1) is 11.3 Å². The molecule has 0 unspecified atom stereocenters. The van der Waals surface area contributed by atoms with Gasteiger partial charge in [-0.05, 0) is 74.6 Å². The number of hydrogen-bond acceptors (Lipinski definition) is 6. The maximum Gasteiger partial charge on any atom is 0.216 e. The fraction of sp³-hybridized carbons (Fsp3) is 0.447. The van der Waals surface area contributed by atoms with Gasteiger partial charge in [-0.2, -0.15) is 0 Å². The summed E-state index contributed by atoms with van der Waals surface area (Å²) in [7, 11) is 0. The first-order chi connectivity index (χ1) is 22.9. The summed E-state index contributed by atoms with van der Waals surface area (Å²) >= 11 is 1.38. The zero-order chi connectivity index (χ0) is 36.5. The molecule has 1 radical (unpaired) electrons. The van der Waals surface area contributed by atoms with E-state index >= 15 is 0 Å². The third-order valence-electron chi connectivity index (χ3n) is 7.93. The monoisotopic (exact) mass is 809 g/mol. The van der Waals surface area contributed by atoms with Crippen molar-refractivity contribution >= 4 is 49.4 Å². The number of aryl methyl sites for hydroxylation is 2. The minimum atomic E-state index is -2.32. The molecule has 1 aromatic carbocycles. The van der Waals surface area contributed by atoms with Crippen LogP contribution < -0.4 is 0 Å². The predicted octanol–water partition coefficient (Wildman–Crippen LogP) is 11.1. The smallest absolute Gasteiger partial charge is 0.216 e. The summed E-state index contributed by atoms with van der Waals surface area (Å²) in [6.45, 7) is 13.4. The van der Waals surface area contributed by atoms with Crippen LogP contribution in [-0.4, -0.2) is 20.9 Å². The molecular formula is C38H47IrN2O3S-. The van der Waals surface area contributed by atoms with Crippen LogP contribution in [-0.2, 0) is 31.3 Å². The van der Waals surface area contributed by atoms with E-state index in [-0.39, 0.29) is 54.9 Å². The molecule has 0 fully saturated rings. The summed E-state index contributed by atoms with van der Waals surface area (Å²) < 4.78 is 46.3. The predicted molar refractivity (Wildman–Crippen MR) is 185 cm³/mol. The number of furan rings is 1. The van der Waals surface area contributed by atoms with Crippen LogP contribution >= 0.6 is 11.3 Å². The molecule has 0 amide bonds. The molecule has 4 aromatic heterocycles. The second kappa shape index (κ2) is 15.6. The van der Waals surface area contributed by atoms with E-state index in [2.05, 4.69) is 11.1 Å². The molecular weight excluding hydrogens is 757 g/mol. The van der Waals surface area contributed by atoms with Gasteiger partial charge in [-0.15, -0.1) is 29.5 Å².